The third-order valence-corrected chi connectivity index (χ3v) is 2.27. The number of carbonyl (C=O) groups is 1. The van der Waals surface area contributed by atoms with Gasteiger partial charge in [0.2, 0.25) is 0 Å². The summed E-state index contributed by atoms with van der Waals surface area (Å²) in [5.41, 5.74) is 9.87. The highest BCUT2D eigenvalue weighted by atomic mass is 16.5. The monoisotopic (exact) mass is 200 g/mol. The van der Waals surface area contributed by atoms with E-state index in [-0.39, 0.29) is 11.5 Å². The van der Waals surface area contributed by atoms with Crippen LogP contribution in [0, 0.1) is 0 Å². The third kappa shape index (κ3) is 1.37. The van der Waals surface area contributed by atoms with E-state index in [4.69, 9.17) is 10.3 Å². The number of Topliss-reactive ketones (excluding diaryl/α,β-unsaturated/α-hetero) is 1. The minimum Gasteiger partial charge on any atom is -0.496 e. The lowest BCUT2D eigenvalue weighted by atomic mass is 9.93. The van der Waals surface area contributed by atoms with Gasteiger partial charge in [-0.15, -0.1) is 0 Å². The van der Waals surface area contributed by atoms with Crippen molar-refractivity contribution >= 4 is 17.3 Å². The summed E-state index contributed by atoms with van der Waals surface area (Å²) in [5.74, 6) is 0.229. The minimum atomic E-state index is -0.297. The van der Waals surface area contributed by atoms with E-state index in [1.54, 1.807) is 18.2 Å². The van der Waals surface area contributed by atoms with Crippen LogP contribution in [0.4, 0.5) is 0 Å². The molecule has 4 heteroatoms. The molecular weight excluding hydrogens is 192 g/mol. The molecule has 1 aromatic carbocycles. The quantitative estimate of drug-likeness (QED) is 0.510. The van der Waals surface area contributed by atoms with E-state index in [1.165, 1.54) is 13.2 Å². The van der Waals surface area contributed by atoms with Crippen LogP contribution in [0.2, 0.25) is 0 Å². The van der Waals surface area contributed by atoms with Gasteiger partial charge in [-0.25, -0.2) is 0 Å². The van der Waals surface area contributed by atoms with Crippen molar-refractivity contribution in [2.75, 3.05) is 7.11 Å². The summed E-state index contributed by atoms with van der Waals surface area (Å²) in [6.07, 6.45) is 1.42. The van der Waals surface area contributed by atoms with Gasteiger partial charge < -0.3 is 10.3 Å². The van der Waals surface area contributed by atoms with Crippen LogP contribution in [-0.2, 0) is 4.74 Å². The number of nitrogens with zero attached hydrogens (tertiary/aromatic N) is 2. The molecule has 0 N–H and O–H groups in total. The van der Waals surface area contributed by atoms with Crippen molar-refractivity contribution in [3.05, 3.63) is 47.0 Å². The summed E-state index contributed by atoms with van der Waals surface area (Å²) >= 11 is 0. The number of allylic oxidation sites excluding steroid dienone is 1. The van der Waals surface area contributed by atoms with Crippen molar-refractivity contribution in [2.24, 2.45) is 0 Å². The van der Waals surface area contributed by atoms with Crippen LogP contribution in [-0.4, -0.2) is 23.4 Å². The molecule has 0 unspecified atom stereocenters. The molecule has 1 aromatic rings. The SMILES string of the molecule is COC1=CC(=[N+]=[N-])C(=O)c2ccccc21. The Morgan fingerprint density at radius 1 is 1.27 bits per heavy atom. The topological polar surface area (TPSA) is 62.7 Å². The summed E-state index contributed by atoms with van der Waals surface area (Å²) in [5, 5.41) is 0. The van der Waals surface area contributed by atoms with E-state index >= 15 is 0 Å². The number of ketones is 1. The second-order valence-corrected chi connectivity index (χ2v) is 3.07. The highest BCUT2D eigenvalue weighted by Crippen LogP contribution is 2.24. The third-order valence-electron chi connectivity index (χ3n) is 2.27. The van der Waals surface area contributed by atoms with Crippen LogP contribution < -0.4 is 0 Å². The fourth-order valence-electron chi connectivity index (χ4n) is 1.54. The number of methoxy groups -OCH3 is 1. The van der Waals surface area contributed by atoms with E-state index in [1.807, 2.05) is 6.07 Å². The maximum atomic E-state index is 11.7. The van der Waals surface area contributed by atoms with Gasteiger partial charge in [-0.3, -0.25) is 4.79 Å². The van der Waals surface area contributed by atoms with Crippen molar-refractivity contribution in [1.29, 1.82) is 0 Å². The Kier molecular flexibility index (Phi) is 2.20. The van der Waals surface area contributed by atoms with Crippen LogP contribution >= 0.6 is 0 Å². The van der Waals surface area contributed by atoms with Gasteiger partial charge >= 0.3 is 5.71 Å². The van der Waals surface area contributed by atoms with Crippen molar-refractivity contribution in [2.45, 2.75) is 0 Å². The number of ether oxygens (including phenoxy) is 1. The molecule has 4 nitrogen and oxygen atoms in total. The molecule has 0 amide bonds. The zero-order valence-corrected chi connectivity index (χ0v) is 8.10. The zero-order chi connectivity index (χ0) is 10.8. The number of rotatable bonds is 1. The molecule has 0 saturated heterocycles. The molecular formula is C11H8N2O2. The van der Waals surface area contributed by atoms with Crippen LogP contribution in [0.25, 0.3) is 11.3 Å². The number of benzene rings is 1. The Morgan fingerprint density at radius 3 is 2.53 bits per heavy atom. The van der Waals surface area contributed by atoms with Gasteiger partial charge in [0.15, 0.2) is 0 Å². The first-order valence-corrected chi connectivity index (χ1v) is 4.39. The maximum absolute atomic E-state index is 11.7. The van der Waals surface area contributed by atoms with Crippen molar-refractivity contribution in [3.63, 3.8) is 0 Å². The fraction of sp³-hybridized carbons (Fsp3) is 0.0909. The number of carbonyl (C=O) groups excluding carboxylic acids is 1. The second kappa shape index (κ2) is 3.52. The molecule has 0 bridgehead atoms. The van der Waals surface area contributed by atoms with Gasteiger partial charge in [-0.05, 0) is 0 Å². The zero-order valence-electron chi connectivity index (χ0n) is 8.10. The molecule has 0 spiro atoms. The molecule has 0 radical (unpaired) electrons. The van der Waals surface area contributed by atoms with Crippen molar-refractivity contribution in [3.8, 4) is 0 Å². The average molecular weight is 200 g/mol. The summed E-state index contributed by atoms with van der Waals surface area (Å²) in [6.45, 7) is 0. The van der Waals surface area contributed by atoms with Crippen LogP contribution in [0.15, 0.2) is 30.3 Å². The second-order valence-electron chi connectivity index (χ2n) is 3.07. The Balaban J connectivity index is 2.71. The van der Waals surface area contributed by atoms with E-state index < -0.39 is 0 Å². The normalized spacial score (nSPS) is 14.1. The molecule has 2 rings (SSSR count). The molecule has 0 aromatic heterocycles. The van der Waals surface area contributed by atoms with E-state index in [2.05, 4.69) is 4.79 Å². The van der Waals surface area contributed by atoms with Gasteiger partial charge in [-0.2, -0.15) is 4.79 Å². The maximum Gasteiger partial charge on any atom is 0.366 e. The highest BCUT2D eigenvalue weighted by molar-refractivity contribution is 6.50. The van der Waals surface area contributed by atoms with E-state index in [0.29, 0.717) is 11.3 Å². The molecule has 1 aliphatic carbocycles. The Labute approximate surface area is 86.4 Å². The first kappa shape index (κ1) is 9.37. The minimum absolute atomic E-state index is 0.00875. The highest BCUT2D eigenvalue weighted by Gasteiger charge is 2.29. The summed E-state index contributed by atoms with van der Waals surface area (Å²) < 4.78 is 5.11. The van der Waals surface area contributed by atoms with Gasteiger partial charge in [0.25, 0.3) is 5.78 Å². The lowest BCUT2D eigenvalue weighted by Gasteiger charge is -2.12. The van der Waals surface area contributed by atoms with Gasteiger partial charge in [0.1, 0.15) is 5.76 Å². The Morgan fingerprint density at radius 2 is 1.93 bits per heavy atom. The fourth-order valence-corrected chi connectivity index (χ4v) is 1.54. The molecule has 0 heterocycles. The van der Waals surface area contributed by atoms with Crippen molar-refractivity contribution in [1.82, 2.24) is 0 Å². The summed E-state index contributed by atoms with van der Waals surface area (Å²) in [4.78, 5) is 14.7. The predicted octanol–water partition coefficient (Wildman–Crippen LogP) is 1.54. The first-order valence-electron chi connectivity index (χ1n) is 4.39. The molecule has 0 saturated carbocycles. The molecule has 1 aliphatic rings. The largest absolute Gasteiger partial charge is 0.496 e. The molecule has 15 heavy (non-hydrogen) atoms. The smallest absolute Gasteiger partial charge is 0.366 e. The van der Waals surface area contributed by atoms with Crippen LogP contribution in [0.3, 0.4) is 0 Å². The van der Waals surface area contributed by atoms with Crippen LogP contribution in [0.5, 0.6) is 0 Å². The molecule has 0 fully saturated rings. The lowest BCUT2D eigenvalue weighted by Crippen LogP contribution is -2.20. The first-order chi connectivity index (χ1) is 7.27. The molecule has 74 valence electrons. The predicted molar refractivity (Wildman–Crippen MR) is 54.4 cm³/mol. The van der Waals surface area contributed by atoms with E-state index in [9.17, 15) is 4.79 Å². The Bertz CT molecular complexity index is 511. The number of hydrogen-bond acceptors (Lipinski definition) is 2. The Hall–Kier alpha value is -2.19. The summed E-state index contributed by atoms with van der Waals surface area (Å²) in [6, 6.07) is 7.04. The summed E-state index contributed by atoms with van der Waals surface area (Å²) in [7, 11) is 1.51. The molecule has 0 aliphatic heterocycles. The lowest BCUT2D eigenvalue weighted by molar-refractivity contribution is -0.00453. The van der Waals surface area contributed by atoms with Crippen LogP contribution in [0.1, 0.15) is 15.9 Å². The van der Waals surface area contributed by atoms with Gasteiger partial charge in [0, 0.05) is 11.1 Å². The number of hydrogen-bond donors (Lipinski definition) is 0. The van der Waals surface area contributed by atoms with Gasteiger partial charge in [0.05, 0.1) is 13.2 Å². The van der Waals surface area contributed by atoms with E-state index in [0.717, 1.165) is 5.56 Å². The molecule has 0 atom stereocenters. The standard InChI is InChI=1S/C11H8N2O2/c1-15-10-6-9(13-12)11(14)8-5-3-2-4-7(8)10/h2-6H,1H3. The number of fused-ring (bicyclic) bond motifs is 1. The van der Waals surface area contributed by atoms with Crippen molar-refractivity contribution < 1.29 is 14.3 Å². The van der Waals surface area contributed by atoms with Gasteiger partial charge in [-0.1, -0.05) is 24.3 Å². The average Bonchev–Trinajstić information content (AvgIpc) is 2.30.